The summed E-state index contributed by atoms with van der Waals surface area (Å²) in [5, 5.41) is 0. The van der Waals surface area contributed by atoms with E-state index in [0.29, 0.717) is 0 Å². The first-order valence-electron chi connectivity index (χ1n) is 31.7. The summed E-state index contributed by atoms with van der Waals surface area (Å²) in [4.78, 5) is 19.5. The lowest BCUT2D eigenvalue weighted by atomic mass is 10.1. The zero-order valence-corrected chi connectivity index (χ0v) is 49.3. The van der Waals surface area contributed by atoms with Crippen LogP contribution >= 0.6 is 0 Å². The van der Waals surface area contributed by atoms with Gasteiger partial charge in [0.05, 0.1) is 22.8 Å². The number of hydrogen-bond donors (Lipinski definition) is 2. The van der Waals surface area contributed by atoms with Gasteiger partial charge in [-0.1, -0.05) is 130 Å². The van der Waals surface area contributed by atoms with E-state index in [1.54, 1.807) is 0 Å². The molecule has 7 aromatic rings. The number of fused-ring (bicyclic) bond motifs is 8. The largest absolute Gasteiger partial charge is 0.354 e. The zero-order valence-electron chi connectivity index (χ0n) is 49.3. The normalized spacial score (nSPS) is 12.1. The van der Waals surface area contributed by atoms with Gasteiger partial charge in [0.2, 0.25) is 0 Å². The molecule has 8 heteroatoms. The summed E-state index contributed by atoms with van der Waals surface area (Å²) in [7, 11) is 0. The second kappa shape index (κ2) is 30.7. The predicted octanol–water partition coefficient (Wildman–Crippen LogP) is 17.9. The lowest BCUT2D eigenvalue weighted by Crippen LogP contribution is -2.32. The summed E-state index contributed by atoms with van der Waals surface area (Å²) >= 11 is 0. The highest BCUT2D eigenvalue weighted by Crippen LogP contribution is 2.38. The molecule has 0 radical (unpaired) electrons. The Balaban J connectivity index is 1.25. The molecule has 0 aliphatic carbocycles. The third kappa shape index (κ3) is 15.8. The number of pyridine rings is 4. The SMILES string of the molecule is CCCCCCCC[n+]1cccc(-c2c3nc(c(-c4ccc[n+](CCCCCCCC)c4)c4ccc([nH]4)c(-c4ccc[n+](CCCCCCCC)c4)c4nc(c(-c5ccc[n+](CCCCCCCC)c5)c5ccc2[nH]5)C=C4)C=C3)c1. The van der Waals surface area contributed by atoms with E-state index >= 15 is 0 Å². The molecule has 0 amide bonds. The van der Waals surface area contributed by atoms with Crippen molar-refractivity contribution in [2.45, 2.75) is 208 Å². The molecule has 0 aromatic carbocycles. The maximum Gasteiger partial charge on any atom is 0.176 e. The number of H-pyrrole nitrogens is 2. The average molecular weight is 1070 g/mol. The number of aromatic amines is 2. The Morgan fingerprint density at radius 2 is 0.512 bits per heavy atom. The number of aromatic nitrogens is 8. The lowest BCUT2D eigenvalue weighted by Gasteiger charge is -2.07. The Hall–Kier alpha value is -6.80. The molecule has 80 heavy (non-hydrogen) atoms. The Labute approximate surface area is 479 Å². The molecule has 0 atom stereocenters. The average Bonchev–Trinajstić information content (AvgIpc) is 4.35. The van der Waals surface area contributed by atoms with E-state index in [4.69, 9.17) is 9.97 Å². The molecular weight excluding hydrogens is 977 g/mol. The van der Waals surface area contributed by atoms with E-state index in [1.165, 1.54) is 128 Å². The van der Waals surface area contributed by atoms with Crippen molar-refractivity contribution >= 4 is 46.4 Å². The van der Waals surface area contributed by atoms with Crippen molar-refractivity contribution < 1.29 is 18.3 Å². The van der Waals surface area contributed by atoms with Crippen LogP contribution in [0.4, 0.5) is 0 Å². The van der Waals surface area contributed by atoms with E-state index in [9.17, 15) is 0 Å². The van der Waals surface area contributed by atoms with Gasteiger partial charge < -0.3 is 9.97 Å². The minimum absolute atomic E-state index is 0.941. The van der Waals surface area contributed by atoms with Gasteiger partial charge >= 0.3 is 0 Å². The molecule has 7 aromatic heterocycles. The summed E-state index contributed by atoms with van der Waals surface area (Å²) in [5.74, 6) is 0. The van der Waals surface area contributed by atoms with Gasteiger partial charge in [0.1, 0.15) is 26.2 Å². The number of nitrogens with one attached hydrogen (secondary N) is 2. The maximum absolute atomic E-state index is 5.72. The lowest BCUT2D eigenvalue weighted by molar-refractivity contribution is -0.697. The zero-order chi connectivity index (χ0) is 55.1. The van der Waals surface area contributed by atoms with Gasteiger partial charge in [0.15, 0.2) is 49.6 Å². The van der Waals surface area contributed by atoms with Gasteiger partial charge in [0, 0.05) is 117 Å². The molecule has 0 saturated carbocycles. The molecule has 8 bridgehead atoms. The van der Waals surface area contributed by atoms with Gasteiger partial charge in [-0.15, -0.1) is 0 Å². The van der Waals surface area contributed by atoms with Crippen molar-refractivity contribution in [1.29, 1.82) is 0 Å². The Morgan fingerprint density at radius 3 is 0.750 bits per heavy atom. The standard InChI is InChI=1S/C72H94N8/c1-5-9-13-17-21-25-45-77-49-29-33-57(53-77)69-61-37-39-63(73-61)70(58-34-30-50-78(54-58)46-26-22-18-14-10-6-2)65-41-43-67(75-65)72(60-36-32-52-80(56-60)48-28-24-20-16-12-8-4)68-44-42-66(76-68)71(64-40-38-62(69)74-64)59-35-31-51-79(55-59)47-27-23-19-15-11-7-3/h29-44,49-56,73,76H,5-28,45-48H2,1-4H3/q+4. The molecule has 9 heterocycles. The number of nitrogens with zero attached hydrogens (tertiary/aromatic N) is 6. The predicted molar refractivity (Wildman–Crippen MR) is 335 cm³/mol. The van der Waals surface area contributed by atoms with Gasteiger partial charge in [-0.3, -0.25) is 0 Å². The molecule has 2 N–H and O–H groups in total. The fourth-order valence-corrected chi connectivity index (χ4v) is 12.0. The molecule has 2 aliphatic heterocycles. The highest BCUT2D eigenvalue weighted by Gasteiger charge is 2.22. The summed E-state index contributed by atoms with van der Waals surface area (Å²) in [6.45, 7) is 13.1. The van der Waals surface area contributed by atoms with Crippen LogP contribution in [0.25, 0.3) is 90.9 Å². The molecule has 0 fully saturated rings. The minimum Gasteiger partial charge on any atom is -0.354 e. The summed E-state index contributed by atoms with van der Waals surface area (Å²) in [5.41, 5.74) is 16.8. The highest BCUT2D eigenvalue weighted by atomic mass is 14.9. The summed E-state index contributed by atoms with van der Waals surface area (Å²) < 4.78 is 9.54. The second-order valence-electron chi connectivity index (χ2n) is 22.9. The quantitative estimate of drug-likeness (QED) is 0.0326. The van der Waals surface area contributed by atoms with Crippen LogP contribution in [0.2, 0.25) is 0 Å². The third-order valence-electron chi connectivity index (χ3n) is 16.4. The number of aryl methyl sites for hydroxylation is 4. The number of hydrogen-bond acceptors (Lipinski definition) is 2. The topological polar surface area (TPSA) is 72.9 Å². The first-order chi connectivity index (χ1) is 39.5. The maximum atomic E-state index is 5.72. The molecule has 9 rings (SSSR count). The fraction of sp³-hybridized carbons (Fsp3) is 0.444. The Morgan fingerprint density at radius 1 is 0.287 bits per heavy atom. The van der Waals surface area contributed by atoms with Gasteiger partial charge in [-0.05, 0) is 98.5 Å². The van der Waals surface area contributed by atoms with Crippen molar-refractivity contribution in [1.82, 2.24) is 19.9 Å². The van der Waals surface area contributed by atoms with Crippen molar-refractivity contribution in [2.75, 3.05) is 0 Å². The van der Waals surface area contributed by atoms with E-state index in [-0.39, 0.29) is 0 Å². The van der Waals surface area contributed by atoms with Crippen LogP contribution in [-0.4, -0.2) is 19.9 Å². The van der Waals surface area contributed by atoms with Gasteiger partial charge in [-0.25, -0.2) is 28.2 Å². The molecule has 418 valence electrons. The van der Waals surface area contributed by atoms with E-state index in [2.05, 4.69) is 203 Å². The molecule has 0 spiro atoms. The first-order valence-corrected chi connectivity index (χ1v) is 31.7. The molecule has 2 aliphatic rings. The van der Waals surface area contributed by atoms with Crippen LogP contribution in [0.5, 0.6) is 0 Å². The van der Waals surface area contributed by atoms with Crippen LogP contribution in [0, 0.1) is 0 Å². The fourth-order valence-electron chi connectivity index (χ4n) is 12.0. The van der Waals surface area contributed by atoms with Crippen LogP contribution in [0.1, 0.15) is 205 Å². The Kier molecular flexibility index (Phi) is 22.2. The summed E-state index contributed by atoms with van der Waals surface area (Å²) in [6, 6.07) is 27.0. The smallest absolute Gasteiger partial charge is 0.176 e. The van der Waals surface area contributed by atoms with Crippen LogP contribution < -0.4 is 18.3 Å². The van der Waals surface area contributed by atoms with E-state index < -0.39 is 0 Å². The molecular formula is C72H94N8+4. The Bertz CT molecular complexity index is 2890. The van der Waals surface area contributed by atoms with Crippen LogP contribution in [0.15, 0.2) is 122 Å². The first kappa shape index (κ1) is 57.9. The van der Waals surface area contributed by atoms with Crippen LogP contribution in [0.3, 0.4) is 0 Å². The molecule has 8 nitrogen and oxygen atoms in total. The highest BCUT2D eigenvalue weighted by molar-refractivity contribution is 5.99. The number of rotatable bonds is 32. The van der Waals surface area contributed by atoms with Crippen molar-refractivity contribution in [3.8, 4) is 44.5 Å². The van der Waals surface area contributed by atoms with Gasteiger partial charge in [-0.2, -0.15) is 0 Å². The van der Waals surface area contributed by atoms with Crippen molar-refractivity contribution in [2.24, 2.45) is 0 Å². The van der Waals surface area contributed by atoms with Gasteiger partial charge in [0.25, 0.3) is 0 Å². The summed E-state index contributed by atoms with van der Waals surface area (Å²) in [6.07, 6.45) is 57.7. The van der Waals surface area contributed by atoms with E-state index in [1.807, 2.05) is 0 Å². The second-order valence-corrected chi connectivity index (χ2v) is 22.9. The third-order valence-corrected chi connectivity index (χ3v) is 16.4. The minimum atomic E-state index is 0.941. The van der Waals surface area contributed by atoms with Crippen LogP contribution in [-0.2, 0) is 26.2 Å². The van der Waals surface area contributed by atoms with Crippen molar-refractivity contribution in [3.05, 3.63) is 145 Å². The van der Waals surface area contributed by atoms with Crippen molar-refractivity contribution in [3.63, 3.8) is 0 Å². The molecule has 0 unspecified atom stereocenters. The van der Waals surface area contributed by atoms with E-state index in [0.717, 1.165) is 141 Å². The molecule has 0 saturated heterocycles. The number of unbranched alkanes of at least 4 members (excludes halogenated alkanes) is 20. The monoisotopic (exact) mass is 1070 g/mol.